The summed E-state index contributed by atoms with van der Waals surface area (Å²) in [5.74, 6) is 1.48. The van der Waals surface area contributed by atoms with Gasteiger partial charge in [-0.15, -0.1) is 10.2 Å². The topological polar surface area (TPSA) is 73.4 Å². The fourth-order valence-electron chi connectivity index (χ4n) is 4.93. The molecule has 0 saturated carbocycles. The van der Waals surface area contributed by atoms with Gasteiger partial charge in [0.1, 0.15) is 0 Å². The number of fused-ring (bicyclic) bond motifs is 5. The summed E-state index contributed by atoms with van der Waals surface area (Å²) in [7, 11) is 0. The van der Waals surface area contributed by atoms with Crippen LogP contribution in [0.4, 0.5) is 17.3 Å². The van der Waals surface area contributed by atoms with Crippen molar-refractivity contribution in [3.63, 3.8) is 0 Å². The Morgan fingerprint density at radius 2 is 2.18 bits per heavy atom. The average Bonchev–Trinajstić information content (AvgIpc) is 3.50. The summed E-state index contributed by atoms with van der Waals surface area (Å²) in [5.41, 5.74) is 3.23. The molecule has 0 spiro atoms. The Bertz CT molecular complexity index is 1140. The molecule has 4 heterocycles. The van der Waals surface area contributed by atoms with E-state index in [4.69, 9.17) is 0 Å². The van der Waals surface area contributed by atoms with Gasteiger partial charge in [0.25, 0.3) is 5.91 Å². The minimum absolute atomic E-state index is 0.0757. The number of aromatic nitrogens is 2. The molecule has 0 radical (unpaired) electrons. The highest BCUT2D eigenvalue weighted by Gasteiger charge is 2.39. The number of carbonyl (C=O) groups excluding carboxylic acids is 1. The van der Waals surface area contributed by atoms with Crippen molar-refractivity contribution >= 4 is 40.6 Å². The van der Waals surface area contributed by atoms with E-state index >= 15 is 0 Å². The molecular weight excluding hydrogens is 444 g/mol. The van der Waals surface area contributed by atoms with Gasteiger partial charge in [-0.05, 0) is 62.9 Å². The van der Waals surface area contributed by atoms with Crippen molar-refractivity contribution in [3.8, 4) is 0 Å². The SMILES string of the molecule is C=C1C(C(=O)NCCC2CCCN2)=C2Sc3ccccc3N2c2nnc(N(CC)CCC)cc21. The number of nitrogens with one attached hydrogen (secondary N) is 2. The van der Waals surface area contributed by atoms with E-state index in [2.05, 4.69) is 63.2 Å². The van der Waals surface area contributed by atoms with E-state index in [0.717, 1.165) is 65.3 Å². The number of hydrogen-bond acceptors (Lipinski definition) is 7. The summed E-state index contributed by atoms with van der Waals surface area (Å²) in [6, 6.07) is 10.7. The molecule has 1 aromatic carbocycles. The Hall–Kier alpha value is -2.84. The summed E-state index contributed by atoms with van der Waals surface area (Å²) < 4.78 is 0. The van der Waals surface area contributed by atoms with Crippen LogP contribution in [0.5, 0.6) is 0 Å². The van der Waals surface area contributed by atoms with E-state index in [-0.39, 0.29) is 5.91 Å². The standard InChI is InChI=1S/C26H32N6OS/c1-4-15-31(5-2)22-16-19-17(3)23(25(33)28-14-12-18-9-8-13-27-18)26-32(24(19)30-29-22)20-10-6-7-11-21(20)34-26/h6-7,10-11,16,18,27H,3-5,8-9,12-15H2,1-2H3,(H,28,33). The monoisotopic (exact) mass is 476 g/mol. The normalized spacial score (nSPS) is 18.6. The zero-order valence-electron chi connectivity index (χ0n) is 19.9. The maximum absolute atomic E-state index is 13.5. The zero-order chi connectivity index (χ0) is 23.7. The number of thioether (sulfide) groups is 1. The number of para-hydroxylation sites is 1. The van der Waals surface area contributed by atoms with Crippen molar-refractivity contribution in [2.24, 2.45) is 0 Å². The quantitative estimate of drug-likeness (QED) is 0.583. The minimum atomic E-state index is -0.0757. The first kappa shape index (κ1) is 22.9. The molecule has 1 fully saturated rings. The van der Waals surface area contributed by atoms with Crippen LogP contribution in [-0.4, -0.2) is 48.3 Å². The number of nitrogens with zero attached hydrogens (tertiary/aromatic N) is 4. The number of carbonyl (C=O) groups is 1. The third kappa shape index (κ3) is 4.09. The predicted octanol–water partition coefficient (Wildman–Crippen LogP) is 4.45. The number of amides is 1. The van der Waals surface area contributed by atoms with Crippen molar-refractivity contribution in [1.29, 1.82) is 0 Å². The van der Waals surface area contributed by atoms with Gasteiger partial charge in [0.2, 0.25) is 0 Å². The van der Waals surface area contributed by atoms with Gasteiger partial charge in [-0.3, -0.25) is 9.69 Å². The molecule has 34 heavy (non-hydrogen) atoms. The molecule has 7 nitrogen and oxygen atoms in total. The second-order valence-electron chi connectivity index (χ2n) is 8.92. The number of rotatable bonds is 8. The highest BCUT2D eigenvalue weighted by molar-refractivity contribution is 8.03. The van der Waals surface area contributed by atoms with Gasteiger partial charge < -0.3 is 15.5 Å². The Balaban J connectivity index is 1.50. The average molecular weight is 477 g/mol. The second kappa shape index (κ2) is 9.80. The predicted molar refractivity (Wildman–Crippen MR) is 139 cm³/mol. The summed E-state index contributed by atoms with van der Waals surface area (Å²) in [4.78, 5) is 18.9. The van der Waals surface area contributed by atoms with Gasteiger partial charge in [0.05, 0.1) is 16.3 Å². The molecule has 0 bridgehead atoms. The van der Waals surface area contributed by atoms with E-state index in [0.29, 0.717) is 23.7 Å². The molecule has 1 saturated heterocycles. The van der Waals surface area contributed by atoms with Gasteiger partial charge in [0.15, 0.2) is 11.6 Å². The van der Waals surface area contributed by atoms with Gasteiger partial charge in [0, 0.05) is 36.1 Å². The lowest BCUT2D eigenvalue weighted by Gasteiger charge is -2.31. The van der Waals surface area contributed by atoms with Gasteiger partial charge >= 0.3 is 0 Å². The van der Waals surface area contributed by atoms with Crippen LogP contribution < -0.4 is 20.4 Å². The zero-order valence-corrected chi connectivity index (χ0v) is 20.7. The maximum Gasteiger partial charge on any atom is 0.254 e. The van der Waals surface area contributed by atoms with E-state index in [1.807, 2.05) is 18.2 Å². The molecule has 2 aromatic rings. The molecule has 0 aliphatic carbocycles. The molecular formula is C26H32N6OS. The molecule has 1 unspecified atom stereocenters. The molecule has 3 aliphatic rings. The molecule has 178 valence electrons. The number of benzene rings is 1. The van der Waals surface area contributed by atoms with Crippen molar-refractivity contribution in [3.05, 3.63) is 53.1 Å². The molecule has 8 heteroatoms. The van der Waals surface area contributed by atoms with Crippen LogP contribution in [0, 0.1) is 0 Å². The maximum atomic E-state index is 13.5. The molecule has 3 aliphatic heterocycles. The summed E-state index contributed by atoms with van der Waals surface area (Å²) in [5, 5.41) is 16.7. The molecule has 1 amide bonds. The summed E-state index contributed by atoms with van der Waals surface area (Å²) in [6.07, 6.45) is 4.35. The number of anilines is 3. The highest BCUT2D eigenvalue weighted by atomic mass is 32.2. The fraction of sp³-hybridized carbons (Fsp3) is 0.423. The fourth-order valence-corrected chi connectivity index (χ4v) is 6.14. The van der Waals surface area contributed by atoms with Crippen LogP contribution in [0.1, 0.15) is 45.1 Å². The van der Waals surface area contributed by atoms with E-state index in [1.54, 1.807) is 11.8 Å². The van der Waals surface area contributed by atoms with E-state index in [9.17, 15) is 4.79 Å². The molecule has 1 aromatic heterocycles. The first-order chi connectivity index (χ1) is 16.6. The molecule has 1 atom stereocenters. The lowest BCUT2D eigenvalue weighted by atomic mass is 9.96. The van der Waals surface area contributed by atoms with Crippen LogP contribution in [-0.2, 0) is 4.79 Å². The largest absolute Gasteiger partial charge is 0.355 e. The minimum Gasteiger partial charge on any atom is -0.355 e. The Morgan fingerprint density at radius 3 is 2.94 bits per heavy atom. The van der Waals surface area contributed by atoms with E-state index < -0.39 is 0 Å². The Labute approximate surface area is 205 Å². The van der Waals surface area contributed by atoms with Gasteiger partial charge in [-0.25, -0.2) is 0 Å². The van der Waals surface area contributed by atoms with Gasteiger partial charge in [-0.1, -0.05) is 37.4 Å². The van der Waals surface area contributed by atoms with Crippen LogP contribution in [0.25, 0.3) is 5.57 Å². The van der Waals surface area contributed by atoms with Crippen LogP contribution in [0.3, 0.4) is 0 Å². The van der Waals surface area contributed by atoms with Gasteiger partial charge in [-0.2, -0.15) is 0 Å². The Kier molecular flexibility index (Phi) is 6.61. The van der Waals surface area contributed by atoms with Crippen LogP contribution >= 0.6 is 11.8 Å². The first-order valence-corrected chi connectivity index (χ1v) is 13.1. The summed E-state index contributed by atoms with van der Waals surface area (Å²) >= 11 is 1.60. The highest BCUT2D eigenvalue weighted by Crippen LogP contribution is 2.55. The first-order valence-electron chi connectivity index (χ1n) is 12.3. The Morgan fingerprint density at radius 1 is 1.32 bits per heavy atom. The van der Waals surface area contributed by atoms with Crippen molar-refractivity contribution in [1.82, 2.24) is 20.8 Å². The number of hydrogen-bond donors (Lipinski definition) is 2. The van der Waals surface area contributed by atoms with Crippen LogP contribution in [0.15, 0.2) is 52.4 Å². The third-order valence-electron chi connectivity index (χ3n) is 6.70. The molecule has 2 N–H and O–H groups in total. The van der Waals surface area contributed by atoms with Crippen molar-refractivity contribution in [2.45, 2.75) is 50.5 Å². The van der Waals surface area contributed by atoms with E-state index in [1.165, 1.54) is 12.8 Å². The molecule has 5 rings (SSSR count). The lowest BCUT2D eigenvalue weighted by molar-refractivity contribution is -0.117. The van der Waals surface area contributed by atoms with Crippen molar-refractivity contribution in [2.75, 3.05) is 36.0 Å². The second-order valence-corrected chi connectivity index (χ2v) is 9.95. The van der Waals surface area contributed by atoms with Crippen molar-refractivity contribution < 1.29 is 4.79 Å². The lowest BCUT2D eigenvalue weighted by Crippen LogP contribution is -2.34. The smallest absolute Gasteiger partial charge is 0.254 e. The summed E-state index contributed by atoms with van der Waals surface area (Å²) in [6.45, 7) is 12.1. The van der Waals surface area contributed by atoms with Crippen LogP contribution in [0.2, 0.25) is 0 Å². The third-order valence-corrected chi connectivity index (χ3v) is 7.84.